The van der Waals surface area contributed by atoms with Crippen LogP contribution in [0.3, 0.4) is 0 Å². The maximum absolute atomic E-state index is 5.52. The molecule has 4 heterocycles. The summed E-state index contributed by atoms with van der Waals surface area (Å²) in [6.45, 7) is 2.66. The molecule has 0 fully saturated rings. The molecule has 0 saturated carbocycles. The van der Waals surface area contributed by atoms with Gasteiger partial charge in [0, 0.05) is 44.5 Å². The molecule has 0 radical (unpaired) electrons. The van der Waals surface area contributed by atoms with E-state index in [-0.39, 0.29) is 0 Å². The molecule has 27 heavy (non-hydrogen) atoms. The summed E-state index contributed by atoms with van der Waals surface area (Å²) >= 11 is 0. The van der Waals surface area contributed by atoms with Crippen LogP contribution in [0.2, 0.25) is 0 Å². The average Bonchev–Trinajstić information content (AvgIpc) is 3.29. The third-order valence-corrected chi connectivity index (χ3v) is 4.36. The first-order valence-corrected chi connectivity index (χ1v) is 8.91. The van der Waals surface area contributed by atoms with Crippen molar-refractivity contribution in [3.8, 4) is 11.3 Å². The number of hydrogen-bond acceptors (Lipinski definition) is 7. The largest absolute Gasteiger partial charge is 0.359 e. The quantitative estimate of drug-likeness (QED) is 0.520. The Morgan fingerprint density at radius 1 is 1.22 bits per heavy atom. The Labute approximate surface area is 156 Å². The molecule has 0 aromatic carbocycles. The zero-order chi connectivity index (χ0) is 18.8. The lowest BCUT2D eigenvalue weighted by molar-refractivity contribution is 0.385. The van der Waals surface area contributed by atoms with Crippen molar-refractivity contribution in [1.82, 2.24) is 29.9 Å². The van der Waals surface area contributed by atoms with Gasteiger partial charge in [-0.1, -0.05) is 12.1 Å². The molecule has 0 atom stereocenters. The van der Waals surface area contributed by atoms with Gasteiger partial charge in [0.05, 0.1) is 18.1 Å². The van der Waals surface area contributed by atoms with Gasteiger partial charge in [0.2, 0.25) is 0 Å². The van der Waals surface area contributed by atoms with E-state index in [1.54, 1.807) is 23.3 Å². The van der Waals surface area contributed by atoms with Crippen LogP contribution in [0, 0.1) is 0 Å². The van der Waals surface area contributed by atoms with Crippen LogP contribution in [0.15, 0.2) is 41.3 Å². The van der Waals surface area contributed by atoms with E-state index in [0.717, 1.165) is 52.5 Å². The third kappa shape index (κ3) is 3.38. The monoisotopic (exact) mass is 363 g/mol. The zero-order valence-electron chi connectivity index (χ0n) is 15.6. The van der Waals surface area contributed by atoms with Crippen LogP contribution in [0.4, 0.5) is 5.82 Å². The molecule has 4 rings (SSSR count). The van der Waals surface area contributed by atoms with Crippen molar-refractivity contribution in [2.45, 2.75) is 26.3 Å². The minimum Gasteiger partial charge on any atom is -0.359 e. The number of hydrogen-bond donors (Lipinski definition) is 0. The molecule has 4 aromatic rings. The lowest BCUT2D eigenvalue weighted by Crippen LogP contribution is -2.19. The predicted molar refractivity (Wildman–Crippen MR) is 102 cm³/mol. The Bertz CT molecular complexity index is 1050. The van der Waals surface area contributed by atoms with Crippen LogP contribution in [0.1, 0.15) is 24.9 Å². The molecule has 0 aliphatic rings. The van der Waals surface area contributed by atoms with Crippen LogP contribution >= 0.6 is 0 Å². The maximum Gasteiger partial charge on any atom is 0.163 e. The van der Waals surface area contributed by atoms with Gasteiger partial charge in [-0.05, 0) is 18.6 Å². The Morgan fingerprint density at radius 2 is 2.11 bits per heavy atom. The molecule has 8 heteroatoms. The van der Waals surface area contributed by atoms with Crippen molar-refractivity contribution in [1.29, 1.82) is 0 Å². The van der Waals surface area contributed by atoms with Gasteiger partial charge in [-0.2, -0.15) is 5.10 Å². The highest BCUT2D eigenvalue weighted by molar-refractivity contribution is 5.86. The maximum atomic E-state index is 5.52. The van der Waals surface area contributed by atoms with Gasteiger partial charge in [-0.25, -0.2) is 9.97 Å². The van der Waals surface area contributed by atoms with Crippen molar-refractivity contribution >= 4 is 16.9 Å². The fraction of sp³-hybridized carbons (Fsp3) is 0.316. The van der Waals surface area contributed by atoms with Gasteiger partial charge in [-0.15, -0.1) is 0 Å². The summed E-state index contributed by atoms with van der Waals surface area (Å²) in [5.41, 5.74) is 2.54. The lowest BCUT2D eigenvalue weighted by Gasteiger charge is -2.18. The molecule has 0 aliphatic heterocycles. The summed E-state index contributed by atoms with van der Waals surface area (Å²) in [5.74, 6) is 2.42. The zero-order valence-corrected chi connectivity index (χ0v) is 15.6. The summed E-state index contributed by atoms with van der Waals surface area (Å²) in [6, 6.07) is 5.77. The minimum absolute atomic E-state index is 0.542. The van der Waals surface area contributed by atoms with Crippen molar-refractivity contribution < 1.29 is 4.52 Å². The Kier molecular flexibility index (Phi) is 4.53. The van der Waals surface area contributed by atoms with Crippen molar-refractivity contribution in [3.05, 3.63) is 48.4 Å². The summed E-state index contributed by atoms with van der Waals surface area (Å²) in [4.78, 5) is 15.6. The van der Waals surface area contributed by atoms with E-state index in [0.29, 0.717) is 6.54 Å². The van der Waals surface area contributed by atoms with Crippen LogP contribution in [-0.2, 0) is 20.0 Å². The molecular formula is C19H21N7O. The molecule has 0 amide bonds. The highest BCUT2D eigenvalue weighted by Gasteiger charge is 2.17. The first-order valence-electron chi connectivity index (χ1n) is 8.91. The second-order valence-electron chi connectivity index (χ2n) is 6.50. The molecule has 0 aliphatic carbocycles. The first kappa shape index (κ1) is 17.1. The van der Waals surface area contributed by atoms with Crippen LogP contribution in [-0.4, -0.2) is 36.9 Å². The summed E-state index contributed by atoms with van der Waals surface area (Å²) in [5, 5.41) is 9.41. The molecular weight excluding hydrogens is 342 g/mol. The van der Waals surface area contributed by atoms with Gasteiger partial charge in [0.25, 0.3) is 0 Å². The second kappa shape index (κ2) is 7.14. The van der Waals surface area contributed by atoms with Gasteiger partial charge in [0.1, 0.15) is 17.3 Å². The van der Waals surface area contributed by atoms with Crippen molar-refractivity contribution in [2.24, 2.45) is 7.05 Å². The average molecular weight is 363 g/mol. The number of anilines is 1. The van der Waals surface area contributed by atoms with E-state index < -0.39 is 0 Å². The number of fused-ring (bicyclic) bond motifs is 1. The highest BCUT2D eigenvalue weighted by Crippen LogP contribution is 2.25. The smallest absolute Gasteiger partial charge is 0.163 e. The standard InChI is InChI=1S/C19H21N7O/c1-4-6-17-22-18(15-11-21-26(3)19(15)23-17)25(2)12-14-9-16(24-27-14)13-7-5-8-20-10-13/h5,7-11H,4,6,12H2,1-3H3. The lowest BCUT2D eigenvalue weighted by atomic mass is 10.2. The molecule has 0 spiro atoms. The molecule has 0 saturated heterocycles. The minimum atomic E-state index is 0.542. The molecule has 4 aromatic heterocycles. The summed E-state index contributed by atoms with van der Waals surface area (Å²) in [6.07, 6.45) is 7.13. The van der Waals surface area contributed by atoms with E-state index in [9.17, 15) is 0 Å². The molecule has 0 bridgehead atoms. The van der Waals surface area contributed by atoms with Gasteiger partial charge in [0.15, 0.2) is 11.4 Å². The number of nitrogens with zero attached hydrogens (tertiary/aromatic N) is 7. The third-order valence-electron chi connectivity index (χ3n) is 4.36. The number of pyridine rings is 1. The SMILES string of the molecule is CCCc1nc(N(C)Cc2cc(-c3cccnc3)no2)c2cnn(C)c2n1. The van der Waals surface area contributed by atoms with E-state index in [1.807, 2.05) is 37.2 Å². The van der Waals surface area contributed by atoms with E-state index in [2.05, 4.69) is 27.1 Å². The summed E-state index contributed by atoms with van der Waals surface area (Å²) < 4.78 is 7.30. The molecule has 0 N–H and O–H groups in total. The van der Waals surface area contributed by atoms with Crippen molar-refractivity contribution in [3.63, 3.8) is 0 Å². The van der Waals surface area contributed by atoms with Crippen LogP contribution in [0.25, 0.3) is 22.3 Å². The van der Waals surface area contributed by atoms with Gasteiger partial charge < -0.3 is 9.42 Å². The molecule has 0 unspecified atom stereocenters. The van der Waals surface area contributed by atoms with E-state index in [1.165, 1.54) is 0 Å². The number of aryl methyl sites for hydroxylation is 2. The number of rotatable bonds is 6. The fourth-order valence-corrected chi connectivity index (χ4v) is 3.02. The Hall–Kier alpha value is -3.29. The van der Waals surface area contributed by atoms with Gasteiger partial charge >= 0.3 is 0 Å². The first-order chi connectivity index (χ1) is 13.2. The van der Waals surface area contributed by atoms with Crippen LogP contribution < -0.4 is 4.90 Å². The topological polar surface area (TPSA) is 85.8 Å². The second-order valence-corrected chi connectivity index (χ2v) is 6.50. The molecule has 8 nitrogen and oxygen atoms in total. The van der Waals surface area contributed by atoms with Crippen molar-refractivity contribution in [2.75, 3.05) is 11.9 Å². The molecule has 138 valence electrons. The fourth-order valence-electron chi connectivity index (χ4n) is 3.02. The number of aromatic nitrogens is 6. The highest BCUT2D eigenvalue weighted by atomic mass is 16.5. The summed E-state index contributed by atoms with van der Waals surface area (Å²) in [7, 11) is 3.88. The normalized spacial score (nSPS) is 11.2. The van der Waals surface area contributed by atoms with Crippen LogP contribution in [0.5, 0.6) is 0 Å². The van der Waals surface area contributed by atoms with Gasteiger partial charge in [-0.3, -0.25) is 9.67 Å². The Morgan fingerprint density at radius 3 is 2.89 bits per heavy atom. The van der Waals surface area contributed by atoms with E-state index >= 15 is 0 Å². The Balaban J connectivity index is 1.63. The van der Waals surface area contributed by atoms with E-state index in [4.69, 9.17) is 9.51 Å². The predicted octanol–water partition coefficient (Wildman–Crippen LogP) is 3.00.